The van der Waals surface area contributed by atoms with Gasteiger partial charge in [-0.25, -0.2) is 0 Å². The zero-order valence-electron chi connectivity index (χ0n) is 11.0. The van der Waals surface area contributed by atoms with Gasteiger partial charge in [0, 0.05) is 17.2 Å². The van der Waals surface area contributed by atoms with Crippen LogP contribution in [0.3, 0.4) is 0 Å². The van der Waals surface area contributed by atoms with Crippen molar-refractivity contribution < 1.29 is 9.84 Å². The predicted molar refractivity (Wildman–Crippen MR) is 73.3 cm³/mol. The molecular weight excluding hydrogens is 264 g/mol. The van der Waals surface area contributed by atoms with Gasteiger partial charge in [-0.1, -0.05) is 11.6 Å². The van der Waals surface area contributed by atoms with E-state index < -0.39 is 6.10 Å². The number of hydrogen-bond acceptors (Lipinski definition) is 4. The van der Waals surface area contributed by atoms with E-state index >= 15 is 0 Å². The molecule has 0 radical (unpaired) electrons. The van der Waals surface area contributed by atoms with Gasteiger partial charge >= 0.3 is 0 Å². The fraction of sp³-hybridized carbons (Fsp3) is 0.500. The highest BCUT2D eigenvalue weighted by Gasteiger charge is 2.29. The summed E-state index contributed by atoms with van der Waals surface area (Å²) in [6, 6.07) is 3.84. The Hall–Kier alpha value is -1.28. The van der Waals surface area contributed by atoms with Crippen molar-refractivity contribution in [2.45, 2.75) is 32.4 Å². The van der Waals surface area contributed by atoms with Gasteiger partial charge in [-0.05, 0) is 32.9 Å². The van der Waals surface area contributed by atoms with Crippen LogP contribution in [0.2, 0.25) is 5.02 Å². The molecule has 1 aliphatic rings. The molecule has 1 heterocycles. The number of nitrogens with zero attached hydrogens (tertiary/aromatic N) is 1. The number of hydrogen-bond donors (Lipinski definition) is 2. The summed E-state index contributed by atoms with van der Waals surface area (Å²) in [5.41, 5.74) is 1.85. The zero-order chi connectivity index (χ0) is 14.0. The van der Waals surface area contributed by atoms with E-state index in [9.17, 15) is 10.4 Å². The first-order chi connectivity index (χ1) is 9.10. The highest BCUT2D eigenvalue weighted by molar-refractivity contribution is 6.32. The third-order valence-corrected chi connectivity index (χ3v) is 3.62. The van der Waals surface area contributed by atoms with Gasteiger partial charge < -0.3 is 15.2 Å². The molecule has 4 nitrogen and oxygen atoms in total. The molecular formula is C14H17ClN2O2. The maximum atomic E-state index is 9.87. The lowest BCUT2D eigenvalue weighted by atomic mass is 9.90. The third-order valence-electron chi connectivity index (χ3n) is 3.32. The summed E-state index contributed by atoms with van der Waals surface area (Å²) in [5, 5.41) is 22.8. The molecule has 19 heavy (non-hydrogen) atoms. The molecule has 5 heteroatoms. The van der Waals surface area contributed by atoms with Crippen LogP contribution in [0, 0.1) is 11.3 Å². The molecule has 2 rings (SSSR count). The topological polar surface area (TPSA) is 65.3 Å². The molecule has 0 spiro atoms. The Balaban J connectivity index is 2.66. The predicted octanol–water partition coefficient (Wildman–Crippen LogP) is 2.70. The molecule has 0 aromatic heterocycles. The Morgan fingerprint density at radius 3 is 2.79 bits per heavy atom. The largest absolute Gasteiger partial charge is 0.493 e. The smallest absolute Gasteiger partial charge is 0.131 e. The fourth-order valence-corrected chi connectivity index (χ4v) is 2.53. The number of aliphatic hydroxyl groups is 1. The van der Waals surface area contributed by atoms with Crippen LogP contribution in [0.25, 0.3) is 0 Å². The Kier molecular flexibility index (Phi) is 4.31. The van der Waals surface area contributed by atoms with Crippen molar-refractivity contribution in [3.63, 3.8) is 0 Å². The summed E-state index contributed by atoms with van der Waals surface area (Å²) in [6.45, 7) is 4.94. The van der Waals surface area contributed by atoms with E-state index in [0.29, 0.717) is 28.5 Å². The average Bonchev–Trinajstić information content (AvgIpc) is 2.30. The number of halogens is 1. The normalized spacial score (nSPS) is 19.4. The third kappa shape index (κ3) is 2.55. The van der Waals surface area contributed by atoms with Crippen LogP contribution >= 0.6 is 11.6 Å². The number of benzene rings is 1. The fourth-order valence-electron chi connectivity index (χ4n) is 2.27. The van der Waals surface area contributed by atoms with Crippen molar-refractivity contribution in [2.75, 3.05) is 13.2 Å². The number of aliphatic hydroxyl groups excluding tert-OH is 1. The molecule has 2 unspecified atom stereocenters. The molecule has 1 aromatic rings. The van der Waals surface area contributed by atoms with Gasteiger partial charge in [-0.2, -0.15) is 5.26 Å². The summed E-state index contributed by atoms with van der Waals surface area (Å²) < 4.78 is 5.67. The molecule has 0 saturated carbocycles. The van der Waals surface area contributed by atoms with Crippen LogP contribution in [-0.2, 0) is 0 Å². The minimum atomic E-state index is -0.689. The average molecular weight is 281 g/mol. The second-order valence-corrected chi connectivity index (χ2v) is 4.99. The quantitative estimate of drug-likeness (QED) is 0.890. The van der Waals surface area contributed by atoms with Crippen molar-refractivity contribution in [1.82, 2.24) is 5.32 Å². The standard InChI is InChI=1S/C14H17ClN2O2/c1-3-19-14-9(8(2)18)6-11(15)10(7-16)13(14)12-4-5-17-12/h6,8,12,17-18H,3-5H2,1-2H3. The SMILES string of the molecule is CCOc1c(C(C)O)cc(Cl)c(C#N)c1C1CCN1. The Bertz CT molecular complexity index is 519. The maximum Gasteiger partial charge on any atom is 0.131 e. The lowest BCUT2D eigenvalue weighted by Gasteiger charge is -2.31. The Morgan fingerprint density at radius 1 is 1.68 bits per heavy atom. The summed E-state index contributed by atoms with van der Waals surface area (Å²) in [7, 11) is 0. The first-order valence-corrected chi connectivity index (χ1v) is 6.78. The van der Waals surface area contributed by atoms with Crippen LogP contribution in [0.5, 0.6) is 5.75 Å². The number of rotatable bonds is 4. The van der Waals surface area contributed by atoms with Gasteiger partial charge in [0.1, 0.15) is 11.8 Å². The van der Waals surface area contributed by atoms with E-state index in [0.717, 1.165) is 18.5 Å². The minimum absolute atomic E-state index is 0.0763. The van der Waals surface area contributed by atoms with E-state index in [1.165, 1.54) is 0 Å². The number of ether oxygens (including phenoxy) is 1. The summed E-state index contributed by atoms with van der Waals surface area (Å²) in [5.74, 6) is 0.593. The molecule has 1 fully saturated rings. The van der Waals surface area contributed by atoms with Crippen LogP contribution < -0.4 is 10.1 Å². The zero-order valence-corrected chi connectivity index (χ0v) is 11.8. The van der Waals surface area contributed by atoms with Crippen LogP contribution in [-0.4, -0.2) is 18.3 Å². The highest BCUT2D eigenvalue weighted by atomic mass is 35.5. The van der Waals surface area contributed by atoms with E-state index in [2.05, 4.69) is 11.4 Å². The molecule has 1 aliphatic heterocycles. The molecule has 0 amide bonds. The van der Waals surface area contributed by atoms with Crippen molar-refractivity contribution in [1.29, 1.82) is 5.26 Å². The van der Waals surface area contributed by atoms with Crippen molar-refractivity contribution in [3.05, 3.63) is 27.8 Å². The highest BCUT2D eigenvalue weighted by Crippen LogP contribution is 2.42. The first kappa shape index (κ1) is 14.1. The van der Waals surface area contributed by atoms with E-state index in [-0.39, 0.29) is 6.04 Å². The second-order valence-electron chi connectivity index (χ2n) is 4.58. The van der Waals surface area contributed by atoms with Crippen molar-refractivity contribution >= 4 is 11.6 Å². The summed E-state index contributed by atoms with van der Waals surface area (Å²) in [4.78, 5) is 0. The number of nitriles is 1. The van der Waals surface area contributed by atoms with Gasteiger partial charge in [0.2, 0.25) is 0 Å². The molecule has 1 aromatic carbocycles. The van der Waals surface area contributed by atoms with E-state index in [4.69, 9.17) is 16.3 Å². The lowest BCUT2D eigenvalue weighted by Crippen LogP contribution is -2.36. The second kappa shape index (κ2) is 5.79. The maximum absolute atomic E-state index is 9.87. The Morgan fingerprint density at radius 2 is 2.37 bits per heavy atom. The van der Waals surface area contributed by atoms with E-state index in [1.807, 2.05) is 6.92 Å². The Labute approximate surface area is 117 Å². The molecule has 102 valence electrons. The van der Waals surface area contributed by atoms with Gasteiger partial charge in [-0.3, -0.25) is 0 Å². The minimum Gasteiger partial charge on any atom is -0.493 e. The first-order valence-electron chi connectivity index (χ1n) is 6.40. The lowest BCUT2D eigenvalue weighted by molar-refractivity contribution is 0.191. The molecule has 0 bridgehead atoms. The van der Waals surface area contributed by atoms with Gasteiger partial charge in [-0.15, -0.1) is 0 Å². The molecule has 0 aliphatic carbocycles. The van der Waals surface area contributed by atoms with Gasteiger partial charge in [0.15, 0.2) is 0 Å². The van der Waals surface area contributed by atoms with Crippen molar-refractivity contribution in [2.24, 2.45) is 0 Å². The molecule has 2 N–H and O–H groups in total. The van der Waals surface area contributed by atoms with Crippen LogP contribution in [0.15, 0.2) is 6.07 Å². The monoisotopic (exact) mass is 280 g/mol. The van der Waals surface area contributed by atoms with Crippen LogP contribution in [0.4, 0.5) is 0 Å². The van der Waals surface area contributed by atoms with Crippen LogP contribution in [0.1, 0.15) is 49.1 Å². The molecule has 1 saturated heterocycles. The summed E-state index contributed by atoms with van der Waals surface area (Å²) in [6.07, 6.45) is 0.250. The van der Waals surface area contributed by atoms with E-state index in [1.54, 1.807) is 13.0 Å². The number of nitrogens with one attached hydrogen (secondary N) is 1. The van der Waals surface area contributed by atoms with Gasteiger partial charge in [0.05, 0.1) is 23.3 Å². The molecule has 2 atom stereocenters. The van der Waals surface area contributed by atoms with Crippen molar-refractivity contribution in [3.8, 4) is 11.8 Å². The van der Waals surface area contributed by atoms with Gasteiger partial charge in [0.25, 0.3) is 0 Å². The summed E-state index contributed by atoms with van der Waals surface area (Å²) >= 11 is 6.16.